The third-order valence-electron chi connectivity index (χ3n) is 5.52. The molecule has 174 valence electrons. The first-order chi connectivity index (χ1) is 15.5. The third kappa shape index (κ3) is 4.95. The lowest BCUT2D eigenvalue weighted by atomic mass is 10.1. The van der Waals surface area contributed by atoms with E-state index in [0.29, 0.717) is 31.7 Å². The van der Waals surface area contributed by atoms with Crippen LogP contribution in [0.25, 0.3) is 10.9 Å². The van der Waals surface area contributed by atoms with E-state index in [1.54, 1.807) is 47.4 Å². The summed E-state index contributed by atoms with van der Waals surface area (Å²) in [6.07, 6.45) is -0.298. The summed E-state index contributed by atoms with van der Waals surface area (Å²) in [7, 11) is -3.62. The number of aryl methyl sites for hydroxylation is 1. The zero-order valence-corrected chi connectivity index (χ0v) is 20.2. The monoisotopic (exact) mass is 467 g/mol. The molecule has 0 radical (unpaired) electrons. The predicted octanol–water partition coefficient (Wildman–Crippen LogP) is 4.43. The lowest BCUT2D eigenvalue weighted by molar-refractivity contribution is 0.0240. The first-order valence-corrected chi connectivity index (χ1v) is 12.5. The lowest BCUT2D eigenvalue weighted by Gasteiger charge is -2.37. The van der Waals surface area contributed by atoms with E-state index in [2.05, 4.69) is 9.88 Å². The van der Waals surface area contributed by atoms with Crippen molar-refractivity contribution in [1.29, 1.82) is 0 Å². The number of amides is 1. The number of anilines is 1. The van der Waals surface area contributed by atoms with E-state index in [9.17, 15) is 13.2 Å². The number of sulfone groups is 1. The number of aromatic nitrogens is 1. The molecule has 2 aromatic carbocycles. The van der Waals surface area contributed by atoms with Gasteiger partial charge in [-0.25, -0.2) is 13.2 Å². The summed E-state index contributed by atoms with van der Waals surface area (Å²) < 4.78 is 31.6. The van der Waals surface area contributed by atoms with Crippen LogP contribution in [0.2, 0.25) is 0 Å². The Morgan fingerprint density at radius 3 is 2.24 bits per heavy atom. The average Bonchev–Trinajstić information content (AvgIpc) is 2.77. The van der Waals surface area contributed by atoms with Crippen LogP contribution < -0.4 is 4.90 Å². The molecule has 0 saturated carbocycles. The van der Waals surface area contributed by atoms with Gasteiger partial charge < -0.3 is 14.5 Å². The van der Waals surface area contributed by atoms with Gasteiger partial charge in [0.25, 0.3) is 0 Å². The Bertz CT molecular complexity index is 1280. The molecule has 0 atom stereocenters. The van der Waals surface area contributed by atoms with E-state index in [0.717, 1.165) is 16.8 Å². The quantitative estimate of drug-likeness (QED) is 0.567. The number of piperazine rings is 1. The molecule has 1 aliphatic heterocycles. The van der Waals surface area contributed by atoms with Gasteiger partial charge in [-0.2, -0.15) is 0 Å². The van der Waals surface area contributed by atoms with Crippen LogP contribution in [0.4, 0.5) is 10.5 Å². The van der Waals surface area contributed by atoms with Crippen molar-refractivity contribution in [3.8, 4) is 0 Å². The van der Waals surface area contributed by atoms with E-state index < -0.39 is 15.4 Å². The summed E-state index contributed by atoms with van der Waals surface area (Å²) >= 11 is 0. The Labute approximate surface area is 194 Å². The van der Waals surface area contributed by atoms with Crippen molar-refractivity contribution in [3.05, 3.63) is 60.3 Å². The predicted molar refractivity (Wildman–Crippen MR) is 128 cm³/mol. The fourth-order valence-corrected chi connectivity index (χ4v) is 5.24. The number of hydrogen-bond acceptors (Lipinski definition) is 6. The molecule has 1 amide bonds. The van der Waals surface area contributed by atoms with Crippen LogP contribution >= 0.6 is 0 Å². The van der Waals surface area contributed by atoms with Crippen molar-refractivity contribution in [2.75, 3.05) is 31.1 Å². The van der Waals surface area contributed by atoms with E-state index in [1.807, 2.05) is 39.8 Å². The standard InChI is InChI=1S/C25H29N3O4S/c1-18-16-23(27-12-14-28(15-13-27)24(29)32-25(2,3)4)21-11-10-20(17-22(21)26-18)33(30,31)19-8-6-5-7-9-19/h5-11,16-17H,12-15H2,1-4H3. The number of hydrogen-bond donors (Lipinski definition) is 0. The summed E-state index contributed by atoms with van der Waals surface area (Å²) in [5, 5.41) is 0.887. The number of carbonyl (C=O) groups excluding carboxylic acids is 1. The molecule has 33 heavy (non-hydrogen) atoms. The molecule has 1 aliphatic rings. The van der Waals surface area contributed by atoms with Gasteiger partial charge >= 0.3 is 6.09 Å². The van der Waals surface area contributed by atoms with E-state index in [1.165, 1.54) is 0 Å². The summed E-state index contributed by atoms with van der Waals surface area (Å²) in [6.45, 7) is 9.90. The Morgan fingerprint density at radius 2 is 1.61 bits per heavy atom. The number of rotatable bonds is 3. The largest absolute Gasteiger partial charge is 0.444 e. The van der Waals surface area contributed by atoms with Crippen LogP contribution in [0.1, 0.15) is 26.5 Å². The fourth-order valence-electron chi connectivity index (χ4n) is 3.94. The van der Waals surface area contributed by atoms with Crippen LogP contribution in [-0.2, 0) is 14.6 Å². The zero-order chi connectivity index (χ0) is 23.8. The number of carbonyl (C=O) groups is 1. The molecule has 7 nitrogen and oxygen atoms in total. The van der Waals surface area contributed by atoms with Crippen molar-refractivity contribution in [1.82, 2.24) is 9.88 Å². The van der Waals surface area contributed by atoms with Gasteiger partial charge in [0.2, 0.25) is 9.84 Å². The number of pyridine rings is 1. The van der Waals surface area contributed by atoms with Gasteiger partial charge in [-0.1, -0.05) is 18.2 Å². The maximum atomic E-state index is 13.1. The Balaban J connectivity index is 1.61. The lowest BCUT2D eigenvalue weighted by Crippen LogP contribution is -2.50. The Kier molecular flexibility index (Phi) is 6.05. The van der Waals surface area contributed by atoms with Crippen molar-refractivity contribution in [2.24, 2.45) is 0 Å². The molecule has 1 fully saturated rings. The van der Waals surface area contributed by atoms with Crippen molar-refractivity contribution < 1.29 is 17.9 Å². The molecule has 0 spiro atoms. The van der Waals surface area contributed by atoms with Gasteiger partial charge in [0.1, 0.15) is 5.60 Å². The van der Waals surface area contributed by atoms with Gasteiger partial charge in [0.05, 0.1) is 15.3 Å². The molecule has 1 aromatic heterocycles. The van der Waals surface area contributed by atoms with Crippen molar-refractivity contribution in [3.63, 3.8) is 0 Å². The highest BCUT2D eigenvalue weighted by Gasteiger charge is 2.27. The van der Waals surface area contributed by atoms with Gasteiger partial charge in [-0.3, -0.25) is 4.98 Å². The molecule has 0 unspecified atom stereocenters. The van der Waals surface area contributed by atoms with E-state index in [4.69, 9.17) is 4.74 Å². The number of benzene rings is 2. The smallest absolute Gasteiger partial charge is 0.410 e. The highest BCUT2D eigenvalue weighted by molar-refractivity contribution is 7.91. The number of ether oxygens (including phenoxy) is 1. The zero-order valence-electron chi connectivity index (χ0n) is 19.4. The van der Waals surface area contributed by atoms with E-state index >= 15 is 0 Å². The number of nitrogens with zero attached hydrogens (tertiary/aromatic N) is 3. The number of fused-ring (bicyclic) bond motifs is 1. The first kappa shape index (κ1) is 23.0. The second-order valence-corrected chi connectivity index (χ2v) is 11.2. The molecule has 0 aliphatic carbocycles. The SMILES string of the molecule is Cc1cc(N2CCN(C(=O)OC(C)(C)C)CC2)c2ccc(S(=O)(=O)c3ccccc3)cc2n1. The first-order valence-electron chi connectivity index (χ1n) is 11.0. The van der Waals surface area contributed by atoms with Gasteiger partial charge in [-0.05, 0) is 64.1 Å². The maximum Gasteiger partial charge on any atom is 0.410 e. The van der Waals surface area contributed by atoms with Gasteiger partial charge in [0, 0.05) is 42.9 Å². The average molecular weight is 468 g/mol. The molecular weight excluding hydrogens is 438 g/mol. The Morgan fingerprint density at radius 1 is 0.939 bits per heavy atom. The Hall–Kier alpha value is -3.13. The van der Waals surface area contributed by atoms with Gasteiger partial charge in [0.15, 0.2) is 0 Å². The molecule has 1 saturated heterocycles. The van der Waals surface area contributed by atoms with Crippen LogP contribution in [0.5, 0.6) is 0 Å². The molecule has 0 N–H and O–H groups in total. The maximum absolute atomic E-state index is 13.1. The second kappa shape index (κ2) is 8.67. The van der Waals surface area contributed by atoms with Crippen LogP contribution in [0, 0.1) is 6.92 Å². The molecule has 3 aromatic rings. The third-order valence-corrected chi connectivity index (χ3v) is 7.29. The van der Waals surface area contributed by atoms with Crippen LogP contribution in [0.15, 0.2) is 64.4 Å². The van der Waals surface area contributed by atoms with E-state index in [-0.39, 0.29) is 15.9 Å². The molecule has 8 heteroatoms. The molecule has 4 rings (SSSR count). The van der Waals surface area contributed by atoms with Crippen LogP contribution in [0.3, 0.4) is 0 Å². The minimum Gasteiger partial charge on any atom is -0.444 e. The molecule has 2 heterocycles. The highest BCUT2D eigenvalue weighted by atomic mass is 32.2. The summed E-state index contributed by atoms with van der Waals surface area (Å²) in [4.78, 5) is 21.4. The van der Waals surface area contributed by atoms with Crippen molar-refractivity contribution >= 4 is 32.5 Å². The summed E-state index contributed by atoms with van der Waals surface area (Å²) in [5.41, 5.74) is 1.91. The van der Waals surface area contributed by atoms with Crippen LogP contribution in [-0.4, -0.2) is 56.2 Å². The minimum atomic E-state index is -3.62. The fraction of sp³-hybridized carbons (Fsp3) is 0.360. The topological polar surface area (TPSA) is 79.8 Å². The highest BCUT2D eigenvalue weighted by Crippen LogP contribution is 2.31. The molecule has 0 bridgehead atoms. The summed E-state index contributed by atoms with van der Waals surface area (Å²) in [6, 6.07) is 15.5. The summed E-state index contributed by atoms with van der Waals surface area (Å²) in [5.74, 6) is 0. The molecular formula is C25H29N3O4S. The normalized spacial score (nSPS) is 15.0. The van der Waals surface area contributed by atoms with Crippen molar-refractivity contribution in [2.45, 2.75) is 43.1 Å². The minimum absolute atomic E-state index is 0.222. The second-order valence-electron chi connectivity index (χ2n) is 9.23. The van der Waals surface area contributed by atoms with Gasteiger partial charge in [-0.15, -0.1) is 0 Å².